The van der Waals surface area contributed by atoms with Gasteiger partial charge in [0.2, 0.25) is 0 Å². The molecule has 3 aliphatic rings. The van der Waals surface area contributed by atoms with Crippen molar-refractivity contribution in [3.8, 4) is 5.75 Å². The molecule has 4 rings (SSSR count). The highest BCUT2D eigenvalue weighted by Crippen LogP contribution is 2.50. The van der Waals surface area contributed by atoms with Crippen LogP contribution in [0.3, 0.4) is 0 Å². The third kappa shape index (κ3) is 3.50. The highest BCUT2D eigenvalue weighted by Gasteiger charge is 2.55. The summed E-state index contributed by atoms with van der Waals surface area (Å²) < 4.78 is 31.7. The molecule has 3 fully saturated rings. The maximum Gasteiger partial charge on any atom is 0.320 e. The number of hydrogen-bond donors (Lipinski definition) is 1. The van der Waals surface area contributed by atoms with Crippen molar-refractivity contribution >= 4 is 23.5 Å². The zero-order chi connectivity index (χ0) is 19.9. The Hall–Kier alpha value is -2.09. The Morgan fingerprint density at radius 2 is 2.11 bits per heavy atom. The summed E-state index contributed by atoms with van der Waals surface area (Å²) in [4.78, 5) is 20.2. The summed E-state index contributed by atoms with van der Waals surface area (Å²) in [5, 5.41) is 0.271. The lowest BCUT2D eigenvalue weighted by atomic mass is 9.62. The molecule has 0 aromatic heterocycles. The summed E-state index contributed by atoms with van der Waals surface area (Å²) in [6.07, 6.45) is 2.45. The minimum atomic E-state index is -0.389. The normalized spacial score (nSPS) is 24.1. The van der Waals surface area contributed by atoms with E-state index in [-0.39, 0.29) is 34.3 Å². The van der Waals surface area contributed by atoms with Crippen LogP contribution < -0.4 is 10.3 Å². The van der Waals surface area contributed by atoms with E-state index in [2.05, 4.69) is 4.99 Å². The molecule has 2 amide bonds. The van der Waals surface area contributed by atoms with Crippen molar-refractivity contribution in [3.63, 3.8) is 0 Å². The highest BCUT2D eigenvalue weighted by atomic mass is 35.5. The molecule has 1 saturated carbocycles. The molecule has 0 radical (unpaired) electrons. The number of aliphatic imine (C=N–C) groups is 1. The first-order valence-electron chi connectivity index (χ1n) is 9.42. The molecule has 2 heterocycles. The van der Waals surface area contributed by atoms with Crippen LogP contribution in [0.5, 0.6) is 5.75 Å². The molecular weight excluding hydrogens is 390 g/mol. The molecule has 9 heteroatoms. The standard InChI is InChI=1S/C19H23ClF2N4O2/c1-23-17(24-22)12-4-5-25(9-12)18(27)26-10-19(11-26)7-14(8-19)28-16-3-2-13(21)6-15(16)20/h2-3,6,12,14H,4-5,7-11H2,1H3,(H,23,24). The Morgan fingerprint density at radius 3 is 2.75 bits per heavy atom. The molecule has 28 heavy (non-hydrogen) atoms. The average molecular weight is 413 g/mol. The molecule has 1 spiro atoms. The molecule has 2 saturated heterocycles. The molecule has 6 nitrogen and oxygen atoms in total. The van der Waals surface area contributed by atoms with Crippen LogP contribution in [0.4, 0.5) is 13.7 Å². The Labute approximate surface area is 167 Å². The Bertz CT molecular complexity index is 792. The van der Waals surface area contributed by atoms with Gasteiger partial charge in [-0.15, -0.1) is 4.48 Å². The van der Waals surface area contributed by atoms with Crippen LogP contribution in [0.25, 0.3) is 0 Å². The van der Waals surface area contributed by atoms with Crippen molar-refractivity contribution in [1.82, 2.24) is 15.3 Å². The molecule has 2 aliphatic heterocycles. The first-order chi connectivity index (χ1) is 13.4. The molecule has 1 aromatic carbocycles. The van der Waals surface area contributed by atoms with Crippen LogP contribution in [0.2, 0.25) is 5.02 Å². The van der Waals surface area contributed by atoms with Crippen LogP contribution in [0.1, 0.15) is 19.3 Å². The summed E-state index contributed by atoms with van der Waals surface area (Å²) >= 11 is 6.01. The van der Waals surface area contributed by atoms with E-state index in [4.69, 9.17) is 16.3 Å². The van der Waals surface area contributed by atoms with Gasteiger partial charge in [0, 0.05) is 44.6 Å². The monoisotopic (exact) mass is 412 g/mol. The number of rotatable bonds is 3. The lowest BCUT2D eigenvalue weighted by Crippen LogP contribution is -2.67. The molecular formula is C19H23ClF2N4O2. The van der Waals surface area contributed by atoms with E-state index >= 15 is 0 Å². The number of nitrogens with zero attached hydrogens (tertiary/aromatic N) is 3. The number of amides is 2. The quantitative estimate of drug-likeness (QED) is 0.471. The van der Waals surface area contributed by atoms with E-state index in [9.17, 15) is 13.7 Å². The summed E-state index contributed by atoms with van der Waals surface area (Å²) in [5.74, 6) is 0.331. The van der Waals surface area contributed by atoms with Crippen molar-refractivity contribution in [2.75, 3.05) is 33.2 Å². The van der Waals surface area contributed by atoms with Crippen LogP contribution in [0.15, 0.2) is 23.2 Å². The molecule has 1 aromatic rings. The zero-order valence-corrected chi connectivity index (χ0v) is 16.4. The number of nitrogens with one attached hydrogen (secondary N) is 1. The van der Waals surface area contributed by atoms with E-state index in [1.54, 1.807) is 23.6 Å². The number of urea groups is 1. The Kier molecular flexibility index (Phi) is 5.07. The van der Waals surface area contributed by atoms with E-state index in [1.165, 1.54) is 12.1 Å². The van der Waals surface area contributed by atoms with Crippen LogP contribution in [-0.2, 0) is 0 Å². The van der Waals surface area contributed by atoms with Gasteiger partial charge < -0.3 is 14.5 Å². The molecule has 0 bridgehead atoms. The topological polar surface area (TPSA) is 57.2 Å². The van der Waals surface area contributed by atoms with Gasteiger partial charge in [-0.3, -0.25) is 4.99 Å². The number of benzene rings is 1. The van der Waals surface area contributed by atoms with Crippen molar-refractivity contribution in [2.45, 2.75) is 25.4 Å². The summed E-state index contributed by atoms with van der Waals surface area (Å²) in [6, 6.07) is 4.12. The second-order valence-electron chi connectivity index (χ2n) is 8.00. The first-order valence-corrected chi connectivity index (χ1v) is 9.80. The van der Waals surface area contributed by atoms with Crippen molar-refractivity contribution in [1.29, 1.82) is 0 Å². The molecule has 1 atom stereocenters. The fourth-order valence-electron chi connectivity index (χ4n) is 4.56. The lowest BCUT2D eigenvalue weighted by molar-refractivity contribution is -0.103. The number of halogens is 3. The number of amidine groups is 1. The van der Waals surface area contributed by atoms with Gasteiger partial charge in [0.1, 0.15) is 23.5 Å². The second-order valence-corrected chi connectivity index (χ2v) is 8.40. The summed E-state index contributed by atoms with van der Waals surface area (Å²) in [5.41, 5.74) is 1.74. The van der Waals surface area contributed by atoms with Gasteiger partial charge >= 0.3 is 6.03 Å². The fourth-order valence-corrected chi connectivity index (χ4v) is 4.77. The fraction of sp³-hybridized carbons (Fsp3) is 0.579. The van der Waals surface area contributed by atoms with Gasteiger partial charge in [0.15, 0.2) is 0 Å². The van der Waals surface area contributed by atoms with Gasteiger partial charge in [-0.05, 0) is 37.5 Å². The largest absolute Gasteiger partial charge is 0.489 e. The van der Waals surface area contributed by atoms with Crippen LogP contribution in [-0.4, -0.2) is 61.0 Å². The van der Waals surface area contributed by atoms with E-state index in [1.807, 2.05) is 4.90 Å². The number of hydrogen-bond acceptors (Lipinski definition) is 3. The summed E-state index contributed by atoms with van der Waals surface area (Å²) in [7, 11) is 1.54. The maximum atomic E-state index is 13.1. The van der Waals surface area contributed by atoms with Crippen LogP contribution >= 0.6 is 11.6 Å². The third-order valence-corrected chi connectivity index (χ3v) is 6.31. The predicted molar refractivity (Wildman–Crippen MR) is 102 cm³/mol. The van der Waals surface area contributed by atoms with Gasteiger partial charge in [-0.25, -0.2) is 14.7 Å². The average Bonchev–Trinajstić information content (AvgIpc) is 3.08. The van der Waals surface area contributed by atoms with E-state index in [0.29, 0.717) is 44.2 Å². The lowest BCUT2D eigenvalue weighted by Gasteiger charge is -2.58. The van der Waals surface area contributed by atoms with Gasteiger partial charge in [0.05, 0.1) is 5.02 Å². The SMILES string of the molecule is CN=C(NF)C1CCN(C(=O)N2CC3(CC(Oc4ccc(F)cc4Cl)C3)C2)C1. The van der Waals surface area contributed by atoms with E-state index < -0.39 is 0 Å². The van der Waals surface area contributed by atoms with Crippen molar-refractivity contribution < 1.29 is 18.4 Å². The Balaban J connectivity index is 1.24. The van der Waals surface area contributed by atoms with Crippen LogP contribution in [0, 0.1) is 17.2 Å². The third-order valence-electron chi connectivity index (χ3n) is 6.02. The van der Waals surface area contributed by atoms with Gasteiger partial charge in [-0.2, -0.15) is 0 Å². The van der Waals surface area contributed by atoms with Crippen molar-refractivity contribution in [3.05, 3.63) is 29.0 Å². The van der Waals surface area contributed by atoms with Crippen molar-refractivity contribution in [2.24, 2.45) is 16.3 Å². The molecule has 1 unspecified atom stereocenters. The number of likely N-dealkylation sites (tertiary alicyclic amines) is 2. The predicted octanol–water partition coefficient (Wildman–Crippen LogP) is 3.27. The minimum absolute atomic E-state index is 0.00776. The number of ether oxygens (including phenoxy) is 1. The smallest absolute Gasteiger partial charge is 0.320 e. The Morgan fingerprint density at radius 1 is 1.36 bits per heavy atom. The first kappa shape index (κ1) is 19.2. The summed E-state index contributed by atoms with van der Waals surface area (Å²) in [6.45, 7) is 2.52. The molecule has 152 valence electrons. The number of carbonyl (C=O) groups is 1. The van der Waals surface area contributed by atoms with E-state index in [0.717, 1.165) is 12.8 Å². The minimum Gasteiger partial charge on any atom is -0.489 e. The second kappa shape index (κ2) is 7.39. The zero-order valence-electron chi connectivity index (χ0n) is 15.6. The van der Waals surface area contributed by atoms with Gasteiger partial charge in [-0.1, -0.05) is 11.6 Å². The number of carbonyl (C=O) groups excluding carboxylic acids is 1. The highest BCUT2D eigenvalue weighted by molar-refractivity contribution is 6.32. The maximum absolute atomic E-state index is 13.1. The van der Waals surface area contributed by atoms with Gasteiger partial charge in [0.25, 0.3) is 0 Å². The molecule has 1 aliphatic carbocycles. The molecule has 1 N–H and O–H groups in total.